The molecule has 1 amide bonds. The van der Waals surface area contributed by atoms with E-state index in [0.717, 1.165) is 35.5 Å². The van der Waals surface area contributed by atoms with Crippen LogP contribution in [0.15, 0.2) is 36.5 Å². The maximum atomic E-state index is 12.0. The number of amides is 1. The number of aromatic nitrogens is 1. The Morgan fingerprint density at radius 2 is 2.09 bits per heavy atom. The molecule has 0 bridgehead atoms. The number of carbonyl (C=O) groups excluding carboxylic acids is 1. The third-order valence-corrected chi connectivity index (χ3v) is 4.06. The van der Waals surface area contributed by atoms with Crippen molar-refractivity contribution in [3.8, 4) is 11.6 Å². The highest BCUT2D eigenvalue weighted by atomic mass is 16.5. The molecule has 1 aromatic carbocycles. The largest absolute Gasteiger partial charge is 0.439 e. The highest BCUT2D eigenvalue weighted by Crippen LogP contribution is 2.28. The summed E-state index contributed by atoms with van der Waals surface area (Å²) in [5, 5.41) is 3.29. The molecule has 5 heteroatoms. The standard InChI is InChI=1S/C18H21N3O2/c1-12-6-8-19-17(10-12)23-16-11-14(5-4-13(16)2)20-15-7-9-21(3)18(15)22/h4-6,8,10-11,15,20H,7,9H2,1-3H3/t15-/m0/s1. The number of hydrogen-bond donors (Lipinski definition) is 1. The van der Waals surface area contributed by atoms with Gasteiger partial charge < -0.3 is 15.0 Å². The van der Waals surface area contributed by atoms with Crippen molar-refractivity contribution in [2.45, 2.75) is 26.3 Å². The Morgan fingerprint density at radius 1 is 1.26 bits per heavy atom. The van der Waals surface area contributed by atoms with Gasteiger partial charge in [0.2, 0.25) is 11.8 Å². The third-order valence-electron chi connectivity index (χ3n) is 4.06. The van der Waals surface area contributed by atoms with Crippen LogP contribution in [0.25, 0.3) is 0 Å². The van der Waals surface area contributed by atoms with Gasteiger partial charge in [-0.05, 0) is 43.5 Å². The first-order valence-electron chi connectivity index (χ1n) is 7.75. The number of benzene rings is 1. The Morgan fingerprint density at radius 3 is 2.78 bits per heavy atom. The smallest absolute Gasteiger partial charge is 0.244 e. The molecule has 1 saturated heterocycles. The minimum atomic E-state index is -0.160. The monoisotopic (exact) mass is 311 g/mol. The van der Waals surface area contributed by atoms with E-state index in [2.05, 4.69) is 10.3 Å². The van der Waals surface area contributed by atoms with Gasteiger partial charge in [0.05, 0.1) is 0 Å². The van der Waals surface area contributed by atoms with Crippen molar-refractivity contribution in [3.63, 3.8) is 0 Å². The van der Waals surface area contributed by atoms with Crippen molar-refractivity contribution in [2.75, 3.05) is 18.9 Å². The van der Waals surface area contributed by atoms with Crippen LogP contribution in [0.4, 0.5) is 5.69 Å². The molecule has 0 aliphatic carbocycles. The first kappa shape index (κ1) is 15.3. The van der Waals surface area contributed by atoms with Crippen molar-refractivity contribution in [1.82, 2.24) is 9.88 Å². The molecule has 120 valence electrons. The second-order valence-corrected chi connectivity index (χ2v) is 6.00. The number of anilines is 1. The van der Waals surface area contributed by atoms with Gasteiger partial charge in [0, 0.05) is 37.6 Å². The zero-order valence-electron chi connectivity index (χ0n) is 13.7. The van der Waals surface area contributed by atoms with Crippen LogP contribution in [0.3, 0.4) is 0 Å². The molecule has 2 aromatic rings. The highest BCUT2D eigenvalue weighted by Gasteiger charge is 2.28. The van der Waals surface area contributed by atoms with Crippen LogP contribution in [0.5, 0.6) is 11.6 Å². The van der Waals surface area contributed by atoms with E-state index in [9.17, 15) is 4.79 Å². The number of nitrogens with one attached hydrogen (secondary N) is 1. The molecule has 1 atom stereocenters. The fourth-order valence-electron chi connectivity index (χ4n) is 2.63. The molecular weight excluding hydrogens is 290 g/mol. The Labute approximate surface area is 136 Å². The van der Waals surface area contributed by atoms with Crippen LogP contribution in [0, 0.1) is 13.8 Å². The van der Waals surface area contributed by atoms with Crippen LogP contribution in [-0.4, -0.2) is 35.4 Å². The molecule has 0 radical (unpaired) electrons. The summed E-state index contributed by atoms with van der Waals surface area (Å²) in [6.45, 7) is 4.78. The lowest BCUT2D eigenvalue weighted by Crippen LogP contribution is -2.30. The van der Waals surface area contributed by atoms with Gasteiger partial charge in [-0.3, -0.25) is 4.79 Å². The molecule has 1 N–H and O–H groups in total. The normalized spacial score (nSPS) is 17.4. The van der Waals surface area contributed by atoms with E-state index in [0.29, 0.717) is 5.88 Å². The Balaban J connectivity index is 1.78. The molecule has 0 spiro atoms. The predicted molar refractivity (Wildman–Crippen MR) is 89.9 cm³/mol. The molecule has 3 rings (SSSR count). The zero-order chi connectivity index (χ0) is 16.4. The van der Waals surface area contributed by atoms with Gasteiger partial charge in [-0.25, -0.2) is 4.98 Å². The number of carbonyl (C=O) groups is 1. The van der Waals surface area contributed by atoms with Crippen LogP contribution in [0.2, 0.25) is 0 Å². The summed E-state index contributed by atoms with van der Waals surface area (Å²) in [6.07, 6.45) is 2.55. The van der Waals surface area contributed by atoms with Crippen LogP contribution in [0.1, 0.15) is 17.5 Å². The number of hydrogen-bond acceptors (Lipinski definition) is 4. The number of likely N-dealkylation sites (N-methyl/N-ethyl adjacent to an activating group) is 1. The van der Waals surface area contributed by atoms with E-state index < -0.39 is 0 Å². The van der Waals surface area contributed by atoms with E-state index >= 15 is 0 Å². The fourth-order valence-corrected chi connectivity index (χ4v) is 2.63. The first-order chi connectivity index (χ1) is 11.0. The summed E-state index contributed by atoms with van der Waals surface area (Å²) in [4.78, 5) is 18.0. The summed E-state index contributed by atoms with van der Waals surface area (Å²) < 4.78 is 5.90. The van der Waals surface area contributed by atoms with Crippen molar-refractivity contribution in [3.05, 3.63) is 47.7 Å². The number of rotatable bonds is 4. The number of likely N-dealkylation sites (tertiary alicyclic amines) is 1. The highest BCUT2D eigenvalue weighted by molar-refractivity contribution is 5.86. The van der Waals surface area contributed by atoms with Crippen LogP contribution in [-0.2, 0) is 4.79 Å². The molecule has 2 heterocycles. The van der Waals surface area contributed by atoms with Gasteiger partial charge in [0.15, 0.2) is 0 Å². The molecule has 1 aliphatic rings. The van der Waals surface area contributed by atoms with Crippen LogP contribution >= 0.6 is 0 Å². The Kier molecular flexibility index (Phi) is 4.19. The number of pyridine rings is 1. The molecule has 0 saturated carbocycles. The maximum absolute atomic E-state index is 12.0. The van der Waals surface area contributed by atoms with Gasteiger partial charge in [0.25, 0.3) is 0 Å². The molecular formula is C18H21N3O2. The lowest BCUT2D eigenvalue weighted by atomic mass is 10.1. The van der Waals surface area contributed by atoms with E-state index in [1.807, 2.05) is 51.2 Å². The minimum Gasteiger partial charge on any atom is -0.439 e. The fraction of sp³-hybridized carbons (Fsp3) is 0.333. The van der Waals surface area contributed by atoms with Gasteiger partial charge in [-0.2, -0.15) is 0 Å². The number of ether oxygens (including phenoxy) is 1. The predicted octanol–water partition coefficient (Wildman–Crippen LogP) is 3.13. The molecule has 0 unspecified atom stereocenters. The van der Waals surface area contributed by atoms with Gasteiger partial charge in [-0.1, -0.05) is 6.07 Å². The van der Waals surface area contributed by atoms with E-state index in [-0.39, 0.29) is 11.9 Å². The zero-order valence-corrected chi connectivity index (χ0v) is 13.7. The minimum absolute atomic E-state index is 0.133. The van der Waals surface area contributed by atoms with Crippen molar-refractivity contribution < 1.29 is 9.53 Å². The SMILES string of the molecule is Cc1ccnc(Oc2cc(N[C@H]3CCN(C)C3=O)ccc2C)c1. The van der Waals surface area contributed by atoms with E-state index in [1.165, 1.54) is 0 Å². The number of aryl methyl sites for hydroxylation is 2. The molecule has 1 aromatic heterocycles. The van der Waals surface area contributed by atoms with E-state index in [4.69, 9.17) is 4.74 Å². The summed E-state index contributed by atoms with van der Waals surface area (Å²) in [5.41, 5.74) is 3.00. The summed E-state index contributed by atoms with van der Waals surface area (Å²) in [6, 6.07) is 9.54. The van der Waals surface area contributed by atoms with Crippen molar-refractivity contribution in [2.24, 2.45) is 0 Å². The average Bonchev–Trinajstić information content (AvgIpc) is 2.83. The van der Waals surface area contributed by atoms with Crippen LogP contribution < -0.4 is 10.1 Å². The topological polar surface area (TPSA) is 54.5 Å². The first-order valence-corrected chi connectivity index (χ1v) is 7.75. The van der Waals surface area contributed by atoms with Crippen molar-refractivity contribution >= 4 is 11.6 Å². The molecule has 1 aliphatic heterocycles. The summed E-state index contributed by atoms with van der Waals surface area (Å²) >= 11 is 0. The summed E-state index contributed by atoms with van der Waals surface area (Å²) in [5.74, 6) is 1.45. The maximum Gasteiger partial charge on any atom is 0.244 e. The lowest BCUT2D eigenvalue weighted by molar-refractivity contribution is -0.127. The second kappa shape index (κ2) is 6.28. The molecule has 5 nitrogen and oxygen atoms in total. The van der Waals surface area contributed by atoms with Crippen molar-refractivity contribution in [1.29, 1.82) is 0 Å². The van der Waals surface area contributed by atoms with E-state index in [1.54, 1.807) is 11.1 Å². The number of nitrogens with zero attached hydrogens (tertiary/aromatic N) is 2. The average molecular weight is 311 g/mol. The molecule has 1 fully saturated rings. The summed E-state index contributed by atoms with van der Waals surface area (Å²) in [7, 11) is 1.83. The quantitative estimate of drug-likeness (QED) is 0.942. The van der Waals surface area contributed by atoms with Gasteiger partial charge in [0.1, 0.15) is 11.8 Å². The second-order valence-electron chi connectivity index (χ2n) is 6.00. The molecule has 23 heavy (non-hydrogen) atoms. The Bertz CT molecular complexity index is 730. The third kappa shape index (κ3) is 3.44. The Hall–Kier alpha value is -2.56. The lowest BCUT2D eigenvalue weighted by Gasteiger charge is -2.15. The van der Waals surface area contributed by atoms with Gasteiger partial charge >= 0.3 is 0 Å². The van der Waals surface area contributed by atoms with Gasteiger partial charge in [-0.15, -0.1) is 0 Å².